The van der Waals surface area contributed by atoms with Gasteiger partial charge in [0.1, 0.15) is 5.75 Å². The molecule has 1 amide bonds. The van der Waals surface area contributed by atoms with Crippen LogP contribution in [0.1, 0.15) is 11.1 Å². The molecule has 1 N–H and O–H groups in total. The number of thiophene rings is 1. The standard InChI is InChI=1S/C22H24N2O2S/c1-24(2)14-20-12-19(18-6-4-3-5-7-18)8-9-21(20)26-15-22(25)23-13-17-10-11-27-16-17/h3-12,16H,13-15H2,1-2H3,(H,23,25). The zero-order chi connectivity index (χ0) is 19.1. The molecule has 3 aromatic rings. The fourth-order valence-electron chi connectivity index (χ4n) is 2.78. The van der Waals surface area contributed by atoms with E-state index in [1.165, 1.54) is 0 Å². The van der Waals surface area contributed by atoms with Crippen molar-refractivity contribution in [2.45, 2.75) is 13.1 Å². The van der Waals surface area contributed by atoms with Gasteiger partial charge in [-0.1, -0.05) is 36.4 Å². The topological polar surface area (TPSA) is 41.6 Å². The van der Waals surface area contributed by atoms with Crippen molar-refractivity contribution < 1.29 is 9.53 Å². The molecule has 27 heavy (non-hydrogen) atoms. The lowest BCUT2D eigenvalue weighted by Crippen LogP contribution is -2.28. The molecule has 1 heterocycles. The Balaban J connectivity index is 1.67. The van der Waals surface area contributed by atoms with Crippen molar-refractivity contribution in [1.82, 2.24) is 10.2 Å². The van der Waals surface area contributed by atoms with Gasteiger partial charge in [0.15, 0.2) is 6.61 Å². The van der Waals surface area contributed by atoms with Gasteiger partial charge in [-0.05, 0) is 59.7 Å². The summed E-state index contributed by atoms with van der Waals surface area (Å²) in [6, 6.07) is 18.4. The number of nitrogens with zero attached hydrogens (tertiary/aromatic N) is 1. The van der Waals surface area contributed by atoms with Crippen molar-refractivity contribution >= 4 is 17.2 Å². The van der Waals surface area contributed by atoms with Crippen molar-refractivity contribution in [2.75, 3.05) is 20.7 Å². The van der Waals surface area contributed by atoms with Crippen molar-refractivity contribution in [1.29, 1.82) is 0 Å². The molecule has 5 heteroatoms. The van der Waals surface area contributed by atoms with E-state index in [2.05, 4.69) is 28.4 Å². The zero-order valence-corrected chi connectivity index (χ0v) is 16.5. The summed E-state index contributed by atoms with van der Waals surface area (Å²) in [4.78, 5) is 14.2. The van der Waals surface area contributed by atoms with Gasteiger partial charge in [0.2, 0.25) is 0 Å². The molecule has 0 aliphatic heterocycles. The van der Waals surface area contributed by atoms with E-state index in [9.17, 15) is 4.79 Å². The number of hydrogen-bond donors (Lipinski definition) is 1. The zero-order valence-electron chi connectivity index (χ0n) is 15.6. The maximum absolute atomic E-state index is 12.1. The fraction of sp³-hybridized carbons (Fsp3) is 0.227. The van der Waals surface area contributed by atoms with E-state index < -0.39 is 0 Å². The van der Waals surface area contributed by atoms with Gasteiger partial charge < -0.3 is 15.0 Å². The molecule has 0 spiro atoms. The Morgan fingerprint density at radius 3 is 2.59 bits per heavy atom. The molecular weight excluding hydrogens is 356 g/mol. The van der Waals surface area contributed by atoms with Gasteiger partial charge in [-0.25, -0.2) is 0 Å². The lowest BCUT2D eigenvalue weighted by molar-refractivity contribution is -0.123. The monoisotopic (exact) mass is 380 g/mol. The molecule has 4 nitrogen and oxygen atoms in total. The van der Waals surface area contributed by atoms with Crippen LogP contribution in [0.15, 0.2) is 65.4 Å². The first-order valence-corrected chi connectivity index (χ1v) is 9.80. The third-order valence-electron chi connectivity index (χ3n) is 4.08. The highest BCUT2D eigenvalue weighted by Gasteiger charge is 2.10. The van der Waals surface area contributed by atoms with Crippen LogP contribution >= 0.6 is 11.3 Å². The van der Waals surface area contributed by atoms with E-state index in [0.29, 0.717) is 6.54 Å². The molecule has 0 bridgehead atoms. The number of rotatable bonds is 8. The lowest BCUT2D eigenvalue weighted by atomic mass is 10.0. The van der Waals surface area contributed by atoms with Crippen LogP contribution in [0.25, 0.3) is 11.1 Å². The molecule has 2 aromatic carbocycles. The number of ether oxygens (including phenoxy) is 1. The van der Waals surface area contributed by atoms with Gasteiger partial charge in [-0.2, -0.15) is 11.3 Å². The molecule has 0 fully saturated rings. The maximum Gasteiger partial charge on any atom is 0.258 e. The van der Waals surface area contributed by atoms with Crippen LogP contribution in [0.4, 0.5) is 0 Å². The SMILES string of the molecule is CN(C)Cc1cc(-c2ccccc2)ccc1OCC(=O)NCc1ccsc1. The van der Waals surface area contributed by atoms with E-state index in [4.69, 9.17) is 4.74 Å². The molecule has 3 rings (SSSR count). The molecule has 0 atom stereocenters. The second-order valence-electron chi connectivity index (χ2n) is 6.62. The van der Waals surface area contributed by atoms with Gasteiger partial charge in [0, 0.05) is 18.7 Å². The number of amides is 1. The lowest BCUT2D eigenvalue weighted by Gasteiger charge is -2.16. The molecule has 0 aliphatic rings. The molecule has 140 valence electrons. The van der Waals surface area contributed by atoms with Gasteiger partial charge in [0.05, 0.1) is 0 Å². The first-order valence-electron chi connectivity index (χ1n) is 8.85. The predicted octanol–water partition coefficient (Wildman–Crippen LogP) is 4.17. The van der Waals surface area contributed by atoms with Crippen LogP contribution in [0.5, 0.6) is 5.75 Å². The van der Waals surface area contributed by atoms with Gasteiger partial charge in [0.25, 0.3) is 5.91 Å². The molecule has 0 unspecified atom stereocenters. The summed E-state index contributed by atoms with van der Waals surface area (Å²) in [5, 5.41) is 6.91. The highest BCUT2D eigenvalue weighted by molar-refractivity contribution is 7.07. The van der Waals surface area contributed by atoms with Crippen molar-refractivity contribution in [3.63, 3.8) is 0 Å². The molecule has 0 radical (unpaired) electrons. The van der Waals surface area contributed by atoms with E-state index >= 15 is 0 Å². The molecule has 1 aromatic heterocycles. The summed E-state index contributed by atoms with van der Waals surface area (Å²) in [6.45, 7) is 1.28. The second kappa shape index (κ2) is 9.35. The van der Waals surface area contributed by atoms with Crippen LogP contribution in [0.2, 0.25) is 0 Å². The van der Waals surface area contributed by atoms with Crippen LogP contribution < -0.4 is 10.1 Å². The summed E-state index contributed by atoms with van der Waals surface area (Å²) >= 11 is 1.62. The molecule has 0 saturated heterocycles. The normalized spacial score (nSPS) is 10.8. The van der Waals surface area contributed by atoms with E-state index in [1.54, 1.807) is 11.3 Å². The average molecular weight is 381 g/mol. The van der Waals surface area contributed by atoms with Gasteiger partial charge in [-0.3, -0.25) is 4.79 Å². The highest BCUT2D eigenvalue weighted by atomic mass is 32.1. The summed E-state index contributed by atoms with van der Waals surface area (Å²) in [5.41, 5.74) is 4.47. The second-order valence-corrected chi connectivity index (χ2v) is 7.40. The smallest absolute Gasteiger partial charge is 0.258 e. The van der Waals surface area contributed by atoms with Crippen LogP contribution in [0, 0.1) is 0 Å². The Bertz CT molecular complexity index is 861. The Labute approximate surface area is 164 Å². The first-order chi connectivity index (χ1) is 13.1. The third-order valence-corrected chi connectivity index (χ3v) is 4.81. The van der Waals surface area contributed by atoms with Gasteiger partial charge >= 0.3 is 0 Å². The summed E-state index contributed by atoms with van der Waals surface area (Å²) < 4.78 is 5.82. The minimum absolute atomic E-state index is 0.00918. The molecule has 0 saturated carbocycles. The quantitative estimate of drug-likeness (QED) is 0.638. The summed E-state index contributed by atoms with van der Waals surface area (Å²) in [6.07, 6.45) is 0. The number of benzene rings is 2. The Morgan fingerprint density at radius 2 is 1.89 bits per heavy atom. The number of nitrogens with one attached hydrogen (secondary N) is 1. The van der Waals surface area contributed by atoms with E-state index in [-0.39, 0.29) is 12.5 Å². The average Bonchev–Trinajstić information content (AvgIpc) is 3.19. The summed E-state index contributed by atoms with van der Waals surface area (Å²) in [5.74, 6) is 0.623. The largest absolute Gasteiger partial charge is 0.483 e. The van der Waals surface area contributed by atoms with E-state index in [1.807, 2.05) is 61.3 Å². The van der Waals surface area contributed by atoms with Crippen molar-refractivity contribution in [3.05, 3.63) is 76.5 Å². The Morgan fingerprint density at radius 1 is 1.07 bits per heavy atom. The van der Waals surface area contributed by atoms with E-state index in [0.717, 1.165) is 34.5 Å². The number of carbonyl (C=O) groups is 1. The van der Waals surface area contributed by atoms with Crippen LogP contribution in [-0.2, 0) is 17.9 Å². The van der Waals surface area contributed by atoms with Crippen LogP contribution in [0.3, 0.4) is 0 Å². The Hall–Kier alpha value is -2.63. The van der Waals surface area contributed by atoms with Crippen molar-refractivity contribution in [3.8, 4) is 16.9 Å². The highest BCUT2D eigenvalue weighted by Crippen LogP contribution is 2.27. The fourth-order valence-corrected chi connectivity index (χ4v) is 3.45. The van der Waals surface area contributed by atoms with Crippen LogP contribution in [-0.4, -0.2) is 31.5 Å². The summed E-state index contributed by atoms with van der Waals surface area (Å²) in [7, 11) is 4.04. The number of hydrogen-bond acceptors (Lipinski definition) is 4. The maximum atomic E-state index is 12.1. The first kappa shape index (κ1) is 19.1. The Kier molecular flexibility index (Phi) is 6.63. The van der Waals surface area contributed by atoms with Gasteiger partial charge in [-0.15, -0.1) is 0 Å². The molecule has 0 aliphatic carbocycles. The molecular formula is C22H24N2O2S. The number of carbonyl (C=O) groups excluding carboxylic acids is 1. The van der Waals surface area contributed by atoms with Crippen molar-refractivity contribution in [2.24, 2.45) is 0 Å². The predicted molar refractivity (Wildman–Crippen MR) is 111 cm³/mol. The minimum atomic E-state index is -0.121. The third kappa shape index (κ3) is 5.67. The minimum Gasteiger partial charge on any atom is -0.483 e.